The van der Waals surface area contributed by atoms with E-state index in [1.54, 1.807) is 0 Å². The fraction of sp³-hybridized carbons (Fsp3) is 0.875. The van der Waals surface area contributed by atoms with Crippen molar-refractivity contribution in [3.05, 3.63) is 0 Å². The lowest BCUT2D eigenvalue weighted by atomic mass is 10.1. The predicted molar refractivity (Wildman–Crippen MR) is 34.3 cm³/mol. The van der Waals surface area contributed by atoms with Crippen LogP contribution in [0.15, 0.2) is 0 Å². The predicted octanol–water partition coefficient (Wildman–Crippen LogP) is 0.973. The van der Waals surface area contributed by atoms with Crippen molar-refractivity contribution in [1.29, 1.82) is 0 Å². The van der Waals surface area contributed by atoms with E-state index < -0.39 is 5.97 Å². The molecule has 0 aliphatic heterocycles. The second-order valence-electron chi connectivity index (χ2n) is 4.00. The van der Waals surface area contributed by atoms with Crippen LogP contribution in [-0.4, -0.2) is 11.1 Å². The molecule has 3 saturated carbocycles. The molecule has 2 nitrogen and oxygen atoms in total. The van der Waals surface area contributed by atoms with Crippen molar-refractivity contribution in [3.8, 4) is 0 Å². The Morgan fingerprint density at radius 1 is 1.30 bits per heavy atom. The van der Waals surface area contributed by atoms with Gasteiger partial charge in [-0.1, -0.05) is 0 Å². The molecule has 0 aromatic carbocycles. The van der Waals surface area contributed by atoms with E-state index in [-0.39, 0.29) is 5.92 Å². The Balaban J connectivity index is 1.82. The number of carboxylic acid groups (broad SMARTS) is 1. The summed E-state index contributed by atoms with van der Waals surface area (Å²) in [7, 11) is 0. The molecule has 0 aromatic heterocycles. The average Bonchev–Trinajstić information content (AvgIpc) is 2.70. The van der Waals surface area contributed by atoms with Crippen molar-refractivity contribution in [3.63, 3.8) is 0 Å². The van der Waals surface area contributed by atoms with E-state index in [2.05, 4.69) is 0 Å². The molecule has 3 fully saturated rings. The maximum absolute atomic E-state index is 10.5. The first-order valence-electron chi connectivity index (χ1n) is 4.02. The molecule has 3 rings (SSSR count). The van der Waals surface area contributed by atoms with Gasteiger partial charge in [0.2, 0.25) is 0 Å². The Kier molecular flexibility index (Phi) is 0.644. The normalized spacial score (nSPS) is 61.0. The number of carbonyl (C=O) groups is 1. The van der Waals surface area contributed by atoms with Gasteiger partial charge in [0.05, 0.1) is 5.92 Å². The van der Waals surface area contributed by atoms with Gasteiger partial charge in [0.25, 0.3) is 0 Å². The molecule has 0 saturated heterocycles. The molecule has 3 aliphatic rings. The Bertz CT molecular complexity index is 211. The number of aliphatic carboxylic acids is 1. The third-order valence-corrected chi connectivity index (χ3v) is 3.56. The van der Waals surface area contributed by atoms with Crippen molar-refractivity contribution in [2.75, 3.05) is 0 Å². The van der Waals surface area contributed by atoms with Crippen LogP contribution in [0.5, 0.6) is 0 Å². The van der Waals surface area contributed by atoms with Crippen LogP contribution in [0.3, 0.4) is 0 Å². The Hall–Kier alpha value is -0.530. The van der Waals surface area contributed by atoms with Crippen LogP contribution in [0.2, 0.25) is 0 Å². The monoisotopic (exact) mass is 138 g/mol. The molecule has 3 aliphatic carbocycles. The fourth-order valence-electron chi connectivity index (χ4n) is 3.00. The van der Waals surface area contributed by atoms with Gasteiger partial charge in [-0.15, -0.1) is 0 Å². The van der Waals surface area contributed by atoms with E-state index in [0.717, 1.165) is 11.8 Å². The Labute approximate surface area is 59.2 Å². The SMILES string of the molecule is O=C(O)C1C2CC3CC3C21. The first kappa shape index (κ1) is 5.16. The van der Waals surface area contributed by atoms with E-state index in [1.165, 1.54) is 12.8 Å². The summed E-state index contributed by atoms with van der Waals surface area (Å²) in [5.74, 6) is 2.53. The second kappa shape index (κ2) is 1.25. The Morgan fingerprint density at radius 3 is 2.50 bits per heavy atom. The highest BCUT2D eigenvalue weighted by Gasteiger charge is 2.70. The summed E-state index contributed by atoms with van der Waals surface area (Å²) in [6.07, 6.45) is 2.57. The van der Waals surface area contributed by atoms with Gasteiger partial charge in [0, 0.05) is 0 Å². The first-order valence-corrected chi connectivity index (χ1v) is 4.02. The van der Waals surface area contributed by atoms with Crippen molar-refractivity contribution in [2.24, 2.45) is 29.6 Å². The van der Waals surface area contributed by atoms with Crippen molar-refractivity contribution >= 4 is 5.97 Å². The van der Waals surface area contributed by atoms with Crippen LogP contribution < -0.4 is 0 Å². The lowest BCUT2D eigenvalue weighted by molar-refractivity contribution is -0.139. The second-order valence-corrected chi connectivity index (χ2v) is 4.00. The molecule has 10 heavy (non-hydrogen) atoms. The lowest BCUT2D eigenvalue weighted by Crippen LogP contribution is -2.03. The molecule has 5 unspecified atom stereocenters. The summed E-state index contributed by atoms with van der Waals surface area (Å²) < 4.78 is 0. The fourth-order valence-corrected chi connectivity index (χ4v) is 3.00. The molecule has 2 heteroatoms. The summed E-state index contributed by atoms with van der Waals surface area (Å²) in [4.78, 5) is 10.5. The summed E-state index contributed by atoms with van der Waals surface area (Å²) in [5.41, 5.74) is 0. The Morgan fingerprint density at radius 2 is 2.00 bits per heavy atom. The third kappa shape index (κ3) is 0.414. The van der Waals surface area contributed by atoms with Crippen LogP contribution in [-0.2, 0) is 4.79 Å². The summed E-state index contributed by atoms with van der Waals surface area (Å²) in [5, 5.41) is 8.70. The zero-order chi connectivity index (χ0) is 6.88. The highest BCUT2D eigenvalue weighted by molar-refractivity contribution is 5.75. The minimum absolute atomic E-state index is 0.0729. The smallest absolute Gasteiger partial charge is 0.307 e. The standard InChI is InChI=1S/C8H10O2/c9-8(10)7-5-2-3-1-4(3)6(5)7/h3-7H,1-2H2,(H,9,10). The summed E-state index contributed by atoms with van der Waals surface area (Å²) in [6.45, 7) is 0. The summed E-state index contributed by atoms with van der Waals surface area (Å²) >= 11 is 0. The van der Waals surface area contributed by atoms with Gasteiger partial charge >= 0.3 is 5.97 Å². The van der Waals surface area contributed by atoms with Gasteiger partial charge in [-0.2, -0.15) is 0 Å². The van der Waals surface area contributed by atoms with Gasteiger partial charge in [-0.25, -0.2) is 0 Å². The molecule has 0 spiro atoms. The molecule has 0 radical (unpaired) electrons. The van der Waals surface area contributed by atoms with Crippen LogP contribution in [0.4, 0.5) is 0 Å². The lowest BCUT2D eigenvalue weighted by Gasteiger charge is -1.92. The zero-order valence-electron chi connectivity index (χ0n) is 5.66. The number of rotatable bonds is 1. The van der Waals surface area contributed by atoms with E-state index in [0.29, 0.717) is 11.8 Å². The molecule has 5 atom stereocenters. The molecule has 1 N–H and O–H groups in total. The highest BCUT2D eigenvalue weighted by atomic mass is 16.4. The molecule has 54 valence electrons. The third-order valence-electron chi connectivity index (χ3n) is 3.56. The van der Waals surface area contributed by atoms with Gasteiger partial charge in [0.1, 0.15) is 0 Å². The van der Waals surface area contributed by atoms with Gasteiger partial charge in [0.15, 0.2) is 0 Å². The molecular weight excluding hydrogens is 128 g/mol. The minimum Gasteiger partial charge on any atom is -0.481 e. The zero-order valence-corrected chi connectivity index (χ0v) is 5.66. The van der Waals surface area contributed by atoms with Crippen LogP contribution >= 0.6 is 0 Å². The number of hydrogen-bond acceptors (Lipinski definition) is 1. The first-order chi connectivity index (χ1) is 4.79. The number of hydrogen-bond donors (Lipinski definition) is 1. The quantitative estimate of drug-likeness (QED) is 0.586. The molecule has 0 bridgehead atoms. The minimum atomic E-state index is -0.541. The molecular formula is C8H10O2. The van der Waals surface area contributed by atoms with E-state index in [9.17, 15) is 4.79 Å². The average molecular weight is 138 g/mol. The van der Waals surface area contributed by atoms with Gasteiger partial charge in [-0.05, 0) is 36.5 Å². The van der Waals surface area contributed by atoms with Gasteiger partial charge < -0.3 is 5.11 Å². The van der Waals surface area contributed by atoms with Crippen molar-refractivity contribution in [2.45, 2.75) is 12.8 Å². The number of carboxylic acids is 1. The molecule has 0 heterocycles. The topological polar surface area (TPSA) is 37.3 Å². The molecule has 0 aromatic rings. The van der Waals surface area contributed by atoms with E-state index in [1.807, 2.05) is 0 Å². The maximum Gasteiger partial charge on any atom is 0.307 e. The van der Waals surface area contributed by atoms with Crippen LogP contribution in [0.25, 0.3) is 0 Å². The van der Waals surface area contributed by atoms with Crippen LogP contribution in [0.1, 0.15) is 12.8 Å². The van der Waals surface area contributed by atoms with Crippen molar-refractivity contribution in [1.82, 2.24) is 0 Å². The largest absolute Gasteiger partial charge is 0.481 e. The molecule has 0 amide bonds. The highest BCUT2D eigenvalue weighted by Crippen LogP contribution is 2.72. The van der Waals surface area contributed by atoms with Crippen LogP contribution in [0, 0.1) is 29.6 Å². The van der Waals surface area contributed by atoms with E-state index in [4.69, 9.17) is 5.11 Å². The number of fused-ring (bicyclic) bond motifs is 3. The van der Waals surface area contributed by atoms with Crippen molar-refractivity contribution < 1.29 is 9.90 Å². The maximum atomic E-state index is 10.5. The van der Waals surface area contributed by atoms with E-state index >= 15 is 0 Å². The summed E-state index contributed by atoms with van der Waals surface area (Å²) in [6, 6.07) is 0. The van der Waals surface area contributed by atoms with Gasteiger partial charge in [-0.3, -0.25) is 4.79 Å².